The molecule has 2 nitrogen and oxygen atoms in total. The van der Waals surface area contributed by atoms with Gasteiger partial charge in [-0.25, -0.2) is 5.01 Å². The Morgan fingerprint density at radius 3 is 1.56 bits per heavy atom. The van der Waals surface area contributed by atoms with Crippen LogP contribution in [0.2, 0.25) is 0 Å². The minimum Gasteiger partial charge on any atom is -0.222 e. The van der Waals surface area contributed by atoms with Gasteiger partial charge >= 0.3 is 0 Å². The van der Waals surface area contributed by atoms with Crippen LogP contribution in [0.15, 0.2) is 0 Å². The van der Waals surface area contributed by atoms with Crippen molar-refractivity contribution in [2.75, 3.05) is 0 Å². The number of hydrogen-bond donors (Lipinski definition) is 0. The number of nitrogens with zero attached hydrogens (tertiary/aromatic N) is 1. The summed E-state index contributed by atoms with van der Waals surface area (Å²) < 4.78 is 0. The van der Waals surface area contributed by atoms with Crippen LogP contribution in [0, 0.1) is 0 Å². The first-order valence-corrected chi connectivity index (χ1v) is 3.36. The molecule has 9 heavy (non-hydrogen) atoms. The smallest absolute Gasteiger partial charge is 0.0286 e. The third-order valence-corrected chi connectivity index (χ3v) is 1.24. The maximum Gasteiger partial charge on any atom is 0.0286 e. The zero-order valence-electron chi connectivity index (χ0n) is 7.02. The van der Waals surface area contributed by atoms with Crippen molar-refractivity contribution in [2.24, 2.45) is 0 Å². The number of hydrogen-bond acceptors (Lipinski definition) is 1. The van der Waals surface area contributed by atoms with E-state index in [0.29, 0.717) is 6.04 Å². The summed E-state index contributed by atoms with van der Waals surface area (Å²) in [7, 11) is 0. The lowest BCUT2D eigenvalue weighted by Gasteiger charge is -2.33. The first-order valence-electron chi connectivity index (χ1n) is 3.36. The molecular formula is C7H17N2. The minimum absolute atomic E-state index is 0.0197. The van der Waals surface area contributed by atoms with E-state index in [0.717, 1.165) is 0 Å². The predicted molar refractivity (Wildman–Crippen MR) is 39.8 cm³/mol. The van der Waals surface area contributed by atoms with E-state index in [1.54, 1.807) is 5.01 Å². The van der Waals surface area contributed by atoms with Crippen molar-refractivity contribution in [3.8, 4) is 0 Å². The fraction of sp³-hybridized carbons (Fsp3) is 1.00. The summed E-state index contributed by atoms with van der Waals surface area (Å²) in [6.07, 6.45) is 0. The van der Waals surface area contributed by atoms with Gasteiger partial charge in [0.15, 0.2) is 0 Å². The number of nitrogens with one attached hydrogen (secondary N) is 1. The van der Waals surface area contributed by atoms with E-state index >= 15 is 0 Å². The Bertz CT molecular complexity index is 81.4. The molecule has 0 amide bonds. The molecule has 2 heteroatoms. The van der Waals surface area contributed by atoms with Gasteiger partial charge in [0.25, 0.3) is 0 Å². The van der Waals surface area contributed by atoms with Gasteiger partial charge in [0.1, 0.15) is 0 Å². The molecule has 0 bridgehead atoms. The van der Waals surface area contributed by atoms with Gasteiger partial charge in [-0.15, -0.1) is 0 Å². The Labute approximate surface area is 58.0 Å². The molecule has 0 aromatic heterocycles. The van der Waals surface area contributed by atoms with Crippen LogP contribution in [-0.2, 0) is 0 Å². The van der Waals surface area contributed by atoms with Gasteiger partial charge in [-0.05, 0) is 34.6 Å². The molecule has 55 valence electrons. The summed E-state index contributed by atoms with van der Waals surface area (Å²) in [5, 5.41) is 1.60. The predicted octanol–water partition coefficient (Wildman–Crippen LogP) is 1.69. The van der Waals surface area contributed by atoms with Crippen LogP contribution in [0.4, 0.5) is 0 Å². The quantitative estimate of drug-likeness (QED) is 0.495. The van der Waals surface area contributed by atoms with E-state index in [9.17, 15) is 0 Å². The molecule has 0 aliphatic carbocycles. The van der Waals surface area contributed by atoms with Crippen LogP contribution in [0.5, 0.6) is 0 Å². The van der Waals surface area contributed by atoms with Gasteiger partial charge in [-0.2, -0.15) is 5.84 Å². The van der Waals surface area contributed by atoms with E-state index in [1.807, 2.05) is 34.6 Å². The molecule has 0 unspecified atom stereocenters. The second-order valence-electron chi connectivity index (χ2n) is 3.63. The van der Waals surface area contributed by atoms with E-state index in [2.05, 4.69) is 0 Å². The lowest BCUT2D eigenvalue weighted by Crippen LogP contribution is -2.44. The molecule has 0 aromatic rings. The van der Waals surface area contributed by atoms with Gasteiger partial charge in [-0.3, -0.25) is 0 Å². The van der Waals surface area contributed by atoms with Gasteiger partial charge in [-0.1, -0.05) is 0 Å². The van der Waals surface area contributed by atoms with E-state index in [4.69, 9.17) is 5.84 Å². The van der Waals surface area contributed by atoms with Crippen molar-refractivity contribution in [3.05, 3.63) is 0 Å². The van der Waals surface area contributed by atoms with Crippen molar-refractivity contribution >= 4 is 0 Å². The molecular weight excluding hydrogens is 112 g/mol. The molecule has 0 rings (SSSR count). The summed E-state index contributed by atoms with van der Waals surface area (Å²) in [5.41, 5.74) is -0.0197. The SMILES string of the molecule is CC(C)N([NH])C(C)(C)C. The van der Waals surface area contributed by atoms with Crippen LogP contribution < -0.4 is 5.84 Å². The van der Waals surface area contributed by atoms with Crippen LogP contribution in [-0.4, -0.2) is 16.6 Å². The van der Waals surface area contributed by atoms with Crippen molar-refractivity contribution in [1.29, 1.82) is 0 Å². The Morgan fingerprint density at radius 2 is 1.56 bits per heavy atom. The summed E-state index contributed by atoms with van der Waals surface area (Å²) in [6, 6.07) is 0.310. The summed E-state index contributed by atoms with van der Waals surface area (Å²) >= 11 is 0. The average molecular weight is 129 g/mol. The number of rotatable bonds is 1. The van der Waals surface area contributed by atoms with Gasteiger partial charge in [0.2, 0.25) is 0 Å². The molecule has 0 saturated heterocycles. The normalized spacial score (nSPS) is 13.3. The molecule has 1 N–H and O–H groups in total. The monoisotopic (exact) mass is 129 g/mol. The molecule has 0 aromatic carbocycles. The third-order valence-electron chi connectivity index (χ3n) is 1.24. The van der Waals surface area contributed by atoms with Gasteiger partial charge in [0, 0.05) is 11.6 Å². The highest BCUT2D eigenvalue weighted by Gasteiger charge is 2.20. The van der Waals surface area contributed by atoms with Crippen molar-refractivity contribution in [2.45, 2.75) is 46.2 Å². The summed E-state index contributed by atoms with van der Waals surface area (Å²) in [4.78, 5) is 0. The van der Waals surface area contributed by atoms with E-state index in [1.165, 1.54) is 0 Å². The molecule has 0 heterocycles. The fourth-order valence-corrected chi connectivity index (χ4v) is 0.775. The van der Waals surface area contributed by atoms with Crippen molar-refractivity contribution < 1.29 is 0 Å². The van der Waals surface area contributed by atoms with Crippen LogP contribution >= 0.6 is 0 Å². The summed E-state index contributed by atoms with van der Waals surface area (Å²) in [5.74, 6) is 7.51. The standard InChI is InChI=1S/C7H17N2/c1-6(2)9(8)7(3,4)5/h6,8H,1-5H3. The highest BCUT2D eigenvalue weighted by Crippen LogP contribution is 2.11. The second-order valence-corrected chi connectivity index (χ2v) is 3.63. The molecule has 0 spiro atoms. The average Bonchev–Trinajstić information content (AvgIpc) is 1.62. The Kier molecular flexibility index (Phi) is 2.65. The minimum atomic E-state index is -0.0197. The largest absolute Gasteiger partial charge is 0.222 e. The Hall–Kier alpha value is -0.0800. The highest BCUT2D eigenvalue weighted by molar-refractivity contribution is 4.72. The third kappa shape index (κ3) is 2.82. The molecule has 0 atom stereocenters. The zero-order chi connectivity index (χ0) is 7.65. The highest BCUT2D eigenvalue weighted by atomic mass is 15.4. The lowest BCUT2D eigenvalue weighted by molar-refractivity contribution is 0.0882. The topological polar surface area (TPSA) is 27.0 Å². The molecule has 0 saturated carbocycles. The maximum absolute atomic E-state index is 7.51. The molecule has 0 aliphatic heterocycles. The van der Waals surface area contributed by atoms with E-state index in [-0.39, 0.29) is 5.54 Å². The molecule has 0 fully saturated rings. The second kappa shape index (κ2) is 2.67. The van der Waals surface area contributed by atoms with Crippen molar-refractivity contribution in [1.82, 2.24) is 10.9 Å². The lowest BCUT2D eigenvalue weighted by atomic mass is 10.1. The van der Waals surface area contributed by atoms with Crippen LogP contribution in [0.3, 0.4) is 0 Å². The van der Waals surface area contributed by atoms with Crippen LogP contribution in [0.1, 0.15) is 34.6 Å². The Morgan fingerprint density at radius 1 is 1.22 bits per heavy atom. The van der Waals surface area contributed by atoms with Crippen LogP contribution in [0.25, 0.3) is 0 Å². The van der Waals surface area contributed by atoms with Gasteiger partial charge in [0.05, 0.1) is 0 Å². The van der Waals surface area contributed by atoms with E-state index < -0.39 is 0 Å². The maximum atomic E-state index is 7.51. The molecule has 0 aliphatic rings. The first kappa shape index (κ1) is 8.92. The summed E-state index contributed by atoms with van der Waals surface area (Å²) in [6.45, 7) is 10.2. The Balaban J connectivity index is 3.88. The first-order chi connectivity index (χ1) is 3.85. The van der Waals surface area contributed by atoms with Gasteiger partial charge < -0.3 is 0 Å². The molecule has 1 radical (unpaired) electrons. The fourth-order valence-electron chi connectivity index (χ4n) is 0.775. The zero-order valence-corrected chi connectivity index (χ0v) is 7.02. The van der Waals surface area contributed by atoms with Crippen molar-refractivity contribution in [3.63, 3.8) is 0 Å².